The van der Waals surface area contributed by atoms with Crippen LogP contribution >= 0.6 is 0 Å². The van der Waals surface area contributed by atoms with Gasteiger partial charge in [0.25, 0.3) is 0 Å². The molecule has 78 valence electrons. The van der Waals surface area contributed by atoms with E-state index in [9.17, 15) is 0 Å². The molecule has 2 atom stereocenters. The summed E-state index contributed by atoms with van der Waals surface area (Å²) < 4.78 is 0. The van der Waals surface area contributed by atoms with Crippen molar-refractivity contribution in [3.63, 3.8) is 0 Å². The number of likely N-dealkylation sites (tertiary alicyclic amines) is 1. The van der Waals surface area contributed by atoms with E-state index in [1.54, 1.807) is 0 Å². The first-order chi connectivity index (χ1) is 5.88. The molecule has 0 radical (unpaired) electrons. The fourth-order valence-corrected chi connectivity index (χ4v) is 2.12. The summed E-state index contributed by atoms with van der Waals surface area (Å²) in [5.74, 6) is 0.776. The molecular formula is C11H24N2. The highest BCUT2D eigenvalue weighted by Crippen LogP contribution is 2.17. The smallest absolute Gasteiger partial charge is 0.0122 e. The standard InChI is InChI=1S/C11H24N2/c1-9-8-13(5)7-6-10(9)12-11(2,3)4/h9-10,12H,6-8H2,1-5H3. The van der Waals surface area contributed by atoms with Crippen LogP contribution in [-0.4, -0.2) is 36.6 Å². The maximum atomic E-state index is 3.70. The predicted octanol–water partition coefficient (Wildman–Crippen LogP) is 1.71. The molecule has 1 rings (SSSR count). The van der Waals surface area contributed by atoms with Crippen molar-refractivity contribution in [3.8, 4) is 0 Å². The fourth-order valence-electron chi connectivity index (χ4n) is 2.12. The zero-order valence-electron chi connectivity index (χ0n) is 9.72. The monoisotopic (exact) mass is 184 g/mol. The van der Waals surface area contributed by atoms with Gasteiger partial charge in [-0.2, -0.15) is 0 Å². The zero-order valence-corrected chi connectivity index (χ0v) is 9.72. The van der Waals surface area contributed by atoms with Crippen molar-refractivity contribution >= 4 is 0 Å². The summed E-state index contributed by atoms with van der Waals surface area (Å²) in [5, 5.41) is 3.70. The third-order valence-electron chi connectivity index (χ3n) is 2.73. The van der Waals surface area contributed by atoms with E-state index in [1.807, 2.05) is 0 Å². The molecule has 1 N–H and O–H groups in total. The first kappa shape index (κ1) is 11.0. The average Bonchev–Trinajstić information content (AvgIpc) is 1.93. The molecule has 0 bridgehead atoms. The van der Waals surface area contributed by atoms with Gasteiger partial charge in [0, 0.05) is 18.1 Å². The summed E-state index contributed by atoms with van der Waals surface area (Å²) in [6.45, 7) is 11.6. The molecule has 2 heteroatoms. The molecule has 0 aromatic heterocycles. The van der Waals surface area contributed by atoms with E-state index >= 15 is 0 Å². The van der Waals surface area contributed by atoms with Gasteiger partial charge in [0.2, 0.25) is 0 Å². The van der Waals surface area contributed by atoms with E-state index in [0.717, 1.165) is 5.92 Å². The van der Waals surface area contributed by atoms with Crippen molar-refractivity contribution in [1.82, 2.24) is 10.2 Å². The quantitative estimate of drug-likeness (QED) is 0.667. The normalized spacial score (nSPS) is 32.1. The van der Waals surface area contributed by atoms with Gasteiger partial charge >= 0.3 is 0 Å². The molecule has 0 saturated carbocycles. The largest absolute Gasteiger partial charge is 0.309 e. The van der Waals surface area contributed by atoms with E-state index in [4.69, 9.17) is 0 Å². The topological polar surface area (TPSA) is 15.3 Å². The second kappa shape index (κ2) is 3.97. The summed E-state index contributed by atoms with van der Waals surface area (Å²) >= 11 is 0. The Balaban J connectivity index is 2.43. The molecule has 1 saturated heterocycles. The molecule has 0 spiro atoms. The van der Waals surface area contributed by atoms with Crippen LogP contribution in [0.4, 0.5) is 0 Å². The average molecular weight is 184 g/mol. The minimum atomic E-state index is 0.259. The Bertz CT molecular complexity index is 160. The Morgan fingerprint density at radius 2 is 1.92 bits per heavy atom. The molecule has 2 unspecified atom stereocenters. The van der Waals surface area contributed by atoms with Crippen molar-refractivity contribution in [2.24, 2.45) is 5.92 Å². The summed E-state index contributed by atoms with van der Waals surface area (Å²) in [5.41, 5.74) is 0.259. The van der Waals surface area contributed by atoms with Crippen LogP contribution in [0.1, 0.15) is 34.1 Å². The third kappa shape index (κ3) is 3.65. The number of hydrogen-bond acceptors (Lipinski definition) is 2. The van der Waals surface area contributed by atoms with E-state index in [-0.39, 0.29) is 5.54 Å². The summed E-state index contributed by atoms with van der Waals surface area (Å²) in [6, 6.07) is 0.705. The van der Waals surface area contributed by atoms with Crippen LogP contribution in [0.15, 0.2) is 0 Å². The van der Waals surface area contributed by atoms with Crippen molar-refractivity contribution < 1.29 is 0 Å². The molecule has 0 aromatic rings. The zero-order chi connectivity index (χ0) is 10.1. The van der Waals surface area contributed by atoms with Crippen LogP contribution in [0.3, 0.4) is 0 Å². The highest BCUT2D eigenvalue weighted by atomic mass is 15.1. The molecule has 1 aliphatic rings. The Labute approximate surface area is 82.7 Å². The first-order valence-electron chi connectivity index (χ1n) is 5.35. The van der Waals surface area contributed by atoms with Crippen LogP contribution < -0.4 is 5.32 Å². The van der Waals surface area contributed by atoms with Crippen molar-refractivity contribution in [1.29, 1.82) is 0 Å². The van der Waals surface area contributed by atoms with E-state index in [0.29, 0.717) is 6.04 Å². The predicted molar refractivity (Wildman–Crippen MR) is 58.0 cm³/mol. The van der Waals surface area contributed by atoms with Gasteiger partial charge in [0.15, 0.2) is 0 Å². The van der Waals surface area contributed by atoms with Crippen LogP contribution in [0, 0.1) is 5.92 Å². The Morgan fingerprint density at radius 1 is 1.31 bits per heavy atom. The van der Waals surface area contributed by atoms with Crippen LogP contribution in [-0.2, 0) is 0 Å². The van der Waals surface area contributed by atoms with Crippen molar-refractivity contribution in [2.75, 3.05) is 20.1 Å². The lowest BCUT2D eigenvalue weighted by Gasteiger charge is -2.39. The minimum absolute atomic E-state index is 0.259. The van der Waals surface area contributed by atoms with E-state index < -0.39 is 0 Å². The molecule has 0 aromatic carbocycles. The van der Waals surface area contributed by atoms with E-state index in [1.165, 1.54) is 19.5 Å². The van der Waals surface area contributed by atoms with Gasteiger partial charge in [0.05, 0.1) is 0 Å². The molecule has 0 aliphatic carbocycles. The lowest BCUT2D eigenvalue weighted by Crippen LogP contribution is -2.52. The Hall–Kier alpha value is -0.0800. The van der Waals surface area contributed by atoms with Gasteiger partial charge in [-0.25, -0.2) is 0 Å². The van der Waals surface area contributed by atoms with Crippen molar-refractivity contribution in [2.45, 2.75) is 45.7 Å². The molecule has 1 fully saturated rings. The fraction of sp³-hybridized carbons (Fsp3) is 1.00. The maximum absolute atomic E-state index is 3.70. The highest BCUT2D eigenvalue weighted by molar-refractivity contribution is 4.86. The minimum Gasteiger partial charge on any atom is -0.309 e. The highest BCUT2D eigenvalue weighted by Gasteiger charge is 2.26. The SMILES string of the molecule is CC1CN(C)CCC1NC(C)(C)C. The lowest BCUT2D eigenvalue weighted by molar-refractivity contribution is 0.155. The molecule has 1 aliphatic heterocycles. The first-order valence-corrected chi connectivity index (χ1v) is 5.35. The summed E-state index contributed by atoms with van der Waals surface area (Å²) in [6.07, 6.45) is 1.29. The Morgan fingerprint density at radius 3 is 2.38 bits per heavy atom. The van der Waals surface area contributed by atoms with Gasteiger partial charge < -0.3 is 10.2 Å². The number of hydrogen-bond donors (Lipinski definition) is 1. The number of rotatable bonds is 1. The maximum Gasteiger partial charge on any atom is 0.0122 e. The summed E-state index contributed by atoms with van der Waals surface area (Å²) in [7, 11) is 2.21. The van der Waals surface area contributed by atoms with Crippen molar-refractivity contribution in [3.05, 3.63) is 0 Å². The van der Waals surface area contributed by atoms with Gasteiger partial charge in [-0.1, -0.05) is 6.92 Å². The van der Waals surface area contributed by atoms with Gasteiger partial charge in [-0.15, -0.1) is 0 Å². The second-order valence-corrected chi connectivity index (χ2v) is 5.53. The molecular weight excluding hydrogens is 160 g/mol. The number of nitrogens with one attached hydrogen (secondary N) is 1. The Kier molecular flexibility index (Phi) is 3.36. The molecule has 13 heavy (non-hydrogen) atoms. The van der Waals surface area contributed by atoms with Crippen LogP contribution in [0.25, 0.3) is 0 Å². The van der Waals surface area contributed by atoms with Crippen LogP contribution in [0.5, 0.6) is 0 Å². The number of piperidine rings is 1. The van der Waals surface area contributed by atoms with Gasteiger partial charge in [0.1, 0.15) is 0 Å². The third-order valence-corrected chi connectivity index (χ3v) is 2.73. The summed E-state index contributed by atoms with van der Waals surface area (Å²) in [4.78, 5) is 2.42. The second-order valence-electron chi connectivity index (χ2n) is 5.53. The molecule has 0 amide bonds. The van der Waals surface area contributed by atoms with Gasteiger partial charge in [-0.05, 0) is 46.7 Å². The van der Waals surface area contributed by atoms with E-state index in [2.05, 4.69) is 45.0 Å². The number of nitrogens with zero attached hydrogens (tertiary/aromatic N) is 1. The van der Waals surface area contributed by atoms with Crippen LogP contribution in [0.2, 0.25) is 0 Å². The molecule has 2 nitrogen and oxygen atoms in total. The lowest BCUT2D eigenvalue weighted by atomic mass is 9.92. The van der Waals surface area contributed by atoms with Gasteiger partial charge in [-0.3, -0.25) is 0 Å². The molecule has 1 heterocycles.